The summed E-state index contributed by atoms with van der Waals surface area (Å²) in [7, 11) is 0. The summed E-state index contributed by atoms with van der Waals surface area (Å²) in [5.41, 5.74) is 2.00. The minimum atomic E-state index is -0.256. The van der Waals surface area contributed by atoms with Crippen LogP contribution >= 0.6 is 27.5 Å². The average Bonchev–Trinajstić information content (AvgIpc) is 3.10. The second-order valence-corrected chi connectivity index (χ2v) is 7.29. The molecule has 1 aliphatic rings. The van der Waals surface area contributed by atoms with Gasteiger partial charge in [0, 0.05) is 12.6 Å². The van der Waals surface area contributed by atoms with Crippen LogP contribution in [0.2, 0.25) is 0 Å². The fourth-order valence-corrected chi connectivity index (χ4v) is 3.24. The molecule has 0 aliphatic heterocycles. The third kappa shape index (κ3) is 2.37. The summed E-state index contributed by atoms with van der Waals surface area (Å²) in [4.78, 5) is 4.59. The van der Waals surface area contributed by atoms with Crippen LogP contribution in [0.3, 0.4) is 0 Å². The van der Waals surface area contributed by atoms with Crippen LogP contribution in [-0.4, -0.2) is 9.55 Å². The Hall–Kier alpha value is -0.610. The average molecular weight is 360 g/mol. The summed E-state index contributed by atoms with van der Waals surface area (Å²) in [6.07, 6.45) is 3.61. The molecule has 1 aromatic heterocycles. The van der Waals surface area contributed by atoms with Gasteiger partial charge in [-0.25, -0.2) is 9.37 Å². The second kappa shape index (κ2) is 4.99. The minimum Gasteiger partial charge on any atom is -0.326 e. The van der Waals surface area contributed by atoms with E-state index in [1.807, 2.05) is 6.92 Å². The zero-order valence-corrected chi connectivity index (χ0v) is 13.9. The maximum Gasteiger partial charge on any atom is 0.139 e. The molecule has 1 atom stereocenters. The normalized spacial score (nSPS) is 18.4. The first kappa shape index (κ1) is 14.3. The Balaban J connectivity index is 2.15. The van der Waals surface area contributed by atoms with E-state index in [4.69, 9.17) is 11.6 Å². The topological polar surface area (TPSA) is 17.8 Å². The van der Waals surface area contributed by atoms with Crippen LogP contribution in [0.1, 0.15) is 44.3 Å². The predicted molar refractivity (Wildman–Crippen MR) is 83.6 cm³/mol. The summed E-state index contributed by atoms with van der Waals surface area (Å²) in [5.74, 6) is 0.577. The van der Waals surface area contributed by atoms with Gasteiger partial charge in [-0.3, -0.25) is 0 Å². The molecule has 0 amide bonds. The third-order valence-electron chi connectivity index (χ3n) is 4.38. The van der Waals surface area contributed by atoms with Crippen LogP contribution in [-0.2, 0) is 6.54 Å². The number of halogens is 3. The summed E-state index contributed by atoms with van der Waals surface area (Å²) in [5, 5.41) is -0.183. The van der Waals surface area contributed by atoms with E-state index in [2.05, 4.69) is 32.4 Å². The number of benzene rings is 1. The van der Waals surface area contributed by atoms with Crippen molar-refractivity contribution in [3.05, 3.63) is 28.2 Å². The number of alkyl halides is 1. The SMILES string of the molecule is CCC1(Cn2c(C(C)Cl)nc3cc(Br)c(F)cc32)CC1. The highest BCUT2D eigenvalue weighted by Gasteiger charge is 2.41. The molecule has 1 saturated carbocycles. The van der Waals surface area contributed by atoms with E-state index < -0.39 is 0 Å². The van der Waals surface area contributed by atoms with Crippen molar-refractivity contribution in [2.75, 3.05) is 0 Å². The molecule has 0 radical (unpaired) electrons. The van der Waals surface area contributed by atoms with Gasteiger partial charge in [-0.05, 0) is 53.6 Å². The van der Waals surface area contributed by atoms with Crippen LogP contribution in [0.5, 0.6) is 0 Å². The predicted octanol–water partition coefficient (Wildman–Crippen LogP) is 5.43. The Kier molecular flexibility index (Phi) is 3.57. The molecule has 0 bridgehead atoms. The molecule has 1 aliphatic carbocycles. The molecule has 1 fully saturated rings. The zero-order chi connectivity index (χ0) is 14.5. The lowest BCUT2D eigenvalue weighted by molar-refractivity contribution is 0.407. The largest absolute Gasteiger partial charge is 0.326 e. The lowest BCUT2D eigenvalue weighted by Gasteiger charge is -2.17. The highest BCUT2D eigenvalue weighted by Crippen LogP contribution is 2.50. The van der Waals surface area contributed by atoms with E-state index in [9.17, 15) is 4.39 Å². The smallest absolute Gasteiger partial charge is 0.139 e. The highest BCUT2D eigenvalue weighted by molar-refractivity contribution is 9.10. The zero-order valence-electron chi connectivity index (χ0n) is 11.6. The number of aromatic nitrogens is 2. The third-order valence-corrected chi connectivity index (χ3v) is 5.18. The molecule has 5 heteroatoms. The van der Waals surface area contributed by atoms with Crippen LogP contribution in [0, 0.1) is 11.2 Å². The van der Waals surface area contributed by atoms with Crippen molar-refractivity contribution in [2.24, 2.45) is 5.41 Å². The van der Waals surface area contributed by atoms with E-state index in [1.54, 1.807) is 12.1 Å². The van der Waals surface area contributed by atoms with Crippen molar-refractivity contribution >= 4 is 38.6 Å². The molecule has 1 aromatic carbocycles. The van der Waals surface area contributed by atoms with E-state index >= 15 is 0 Å². The number of hydrogen-bond donors (Lipinski definition) is 0. The van der Waals surface area contributed by atoms with Crippen LogP contribution in [0.4, 0.5) is 4.39 Å². The highest BCUT2D eigenvalue weighted by atomic mass is 79.9. The molecule has 108 valence electrons. The molecular weight excluding hydrogens is 343 g/mol. The van der Waals surface area contributed by atoms with Crippen molar-refractivity contribution in [2.45, 2.75) is 45.0 Å². The monoisotopic (exact) mass is 358 g/mol. The fourth-order valence-electron chi connectivity index (χ4n) is 2.74. The van der Waals surface area contributed by atoms with Gasteiger partial charge in [0.2, 0.25) is 0 Å². The Bertz CT molecular complexity index is 661. The summed E-state index contributed by atoms with van der Waals surface area (Å²) < 4.78 is 16.4. The van der Waals surface area contributed by atoms with Crippen molar-refractivity contribution in [1.82, 2.24) is 9.55 Å². The van der Waals surface area contributed by atoms with Gasteiger partial charge in [-0.15, -0.1) is 11.6 Å². The van der Waals surface area contributed by atoms with E-state index in [1.165, 1.54) is 12.8 Å². The van der Waals surface area contributed by atoms with Crippen molar-refractivity contribution in [1.29, 1.82) is 0 Å². The van der Waals surface area contributed by atoms with Crippen molar-refractivity contribution in [3.63, 3.8) is 0 Å². The van der Waals surface area contributed by atoms with Gasteiger partial charge < -0.3 is 4.57 Å². The Morgan fingerprint density at radius 3 is 2.75 bits per heavy atom. The molecule has 0 N–H and O–H groups in total. The van der Waals surface area contributed by atoms with Crippen LogP contribution in [0.15, 0.2) is 16.6 Å². The quantitative estimate of drug-likeness (QED) is 0.666. The maximum absolute atomic E-state index is 13.8. The van der Waals surface area contributed by atoms with Gasteiger partial charge in [0.25, 0.3) is 0 Å². The molecule has 20 heavy (non-hydrogen) atoms. The van der Waals surface area contributed by atoms with Gasteiger partial charge in [-0.2, -0.15) is 0 Å². The lowest BCUT2D eigenvalue weighted by atomic mass is 10.0. The van der Waals surface area contributed by atoms with E-state index in [0.717, 1.165) is 29.8 Å². The van der Waals surface area contributed by atoms with E-state index in [-0.39, 0.29) is 11.2 Å². The Morgan fingerprint density at radius 1 is 1.50 bits per heavy atom. The number of nitrogens with zero attached hydrogens (tertiary/aromatic N) is 2. The molecule has 2 aromatic rings. The van der Waals surface area contributed by atoms with Crippen molar-refractivity contribution < 1.29 is 4.39 Å². The molecular formula is C15H17BrClFN2. The fraction of sp³-hybridized carbons (Fsp3) is 0.533. The summed E-state index contributed by atoms with van der Waals surface area (Å²) in [6, 6.07) is 3.29. The second-order valence-electron chi connectivity index (χ2n) is 5.78. The standard InChI is InChI=1S/C15H17BrClFN2/c1-3-15(4-5-15)8-20-13-7-11(18)10(16)6-12(13)19-14(20)9(2)17/h6-7,9H,3-5,8H2,1-2H3. The van der Waals surface area contributed by atoms with Gasteiger partial charge in [0.1, 0.15) is 11.6 Å². The van der Waals surface area contributed by atoms with E-state index in [0.29, 0.717) is 9.89 Å². The van der Waals surface area contributed by atoms with Gasteiger partial charge >= 0.3 is 0 Å². The van der Waals surface area contributed by atoms with Crippen LogP contribution < -0.4 is 0 Å². The molecule has 2 nitrogen and oxygen atoms in total. The summed E-state index contributed by atoms with van der Waals surface area (Å²) in [6.45, 7) is 5.01. The first-order chi connectivity index (χ1) is 9.46. The molecule has 1 heterocycles. The minimum absolute atomic E-state index is 0.183. The Labute approximate surface area is 131 Å². The first-order valence-corrected chi connectivity index (χ1v) is 8.18. The van der Waals surface area contributed by atoms with Crippen molar-refractivity contribution in [3.8, 4) is 0 Å². The molecule has 0 saturated heterocycles. The van der Waals surface area contributed by atoms with Crippen LogP contribution in [0.25, 0.3) is 11.0 Å². The lowest BCUT2D eigenvalue weighted by Crippen LogP contribution is -2.14. The number of imidazole rings is 1. The number of rotatable bonds is 4. The van der Waals surface area contributed by atoms with Gasteiger partial charge in [0.05, 0.1) is 20.9 Å². The van der Waals surface area contributed by atoms with Gasteiger partial charge in [0.15, 0.2) is 0 Å². The van der Waals surface area contributed by atoms with Gasteiger partial charge in [-0.1, -0.05) is 6.92 Å². The molecule has 3 rings (SSSR count). The Morgan fingerprint density at radius 2 is 2.20 bits per heavy atom. The molecule has 1 unspecified atom stereocenters. The maximum atomic E-state index is 13.8. The number of fused-ring (bicyclic) bond motifs is 1. The first-order valence-electron chi connectivity index (χ1n) is 6.95. The number of hydrogen-bond acceptors (Lipinski definition) is 1. The molecule has 0 spiro atoms. The summed E-state index contributed by atoms with van der Waals surface area (Å²) >= 11 is 9.48.